The van der Waals surface area contributed by atoms with Crippen LogP contribution in [-0.4, -0.2) is 36.7 Å². The molecule has 0 aliphatic rings. The van der Waals surface area contributed by atoms with E-state index in [2.05, 4.69) is 10.2 Å². The highest BCUT2D eigenvalue weighted by Gasteiger charge is 2.16. The Morgan fingerprint density at radius 1 is 1.35 bits per heavy atom. The largest absolute Gasteiger partial charge is 0.481 e. The normalized spacial score (nSPS) is 10.8. The van der Waals surface area contributed by atoms with Crippen LogP contribution in [0.2, 0.25) is 0 Å². The second-order valence-electron chi connectivity index (χ2n) is 4.36. The molecule has 0 radical (unpaired) electrons. The average Bonchev–Trinajstić information content (AvgIpc) is 2.82. The fourth-order valence-electron chi connectivity index (χ4n) is 1.82. The number of thioether (sulfide) groups is 1. The van der Waals surface area contributed by atoms with E-state index in [1.165, 1.54) is 0 Å². The molecule has 106 valence electrons. The van der Waals surface area contributed by atoms with E-state index in [-0.39, 0.29) is 12.4 Å². The summed E-state index contributed by atoms with van der Waals surface area (Å²) in [7, 11) is 0. The number of carboxylic acid groups (broad SMARTS) is 1. The summed E-state index contributed by atoms with van der Waals surface area (Å²) in [4.78, 5) is 10.7. The lowest BCUT2D eigenvalue weighted by atomic mass is 10.1. The Balaban J connectivity index is 2.50. The minimum Gasteiger partial charge on any atom is -0.481 e. The molecule has 0 aliphatic carbocycles. The van der Waals surface area contributed by atoms with E-state index in [0.717, 1.165) is 28.6 Å². The Morgan fingerprint density at radius 3 is 2.75 bits per heavy atom. The van der Waals surface area contributed by atoms with Crippen molar-refractivity contribution in [1.29, 1.82) is 0 Å². The van der Waals surface area contributed by atoms with Crippen molar-refractivity contribution in [3.05, 3.63) is 35.2 Å². The van der Waals surface area contributed by atoms with Gasteiger partial charge in [-0.05, 0) is 31.0 Å². The van der Waals surface area contributed by atoms with Gasteiger partial charge in [0.2, 0.25) is 0 Å². The number of aryl methyl sites for hydroxylation is 2. The lowest BCUT2D eigenvalue weighted by molar-refractivity contribution is -0.133. The predicted molar refractivity (Wildman–Crippen MR) is 75.1 cm³/mol. The summed E-state index contributed by atoms with van der Waals surface area (Å²) < 4.78 is 1.70. The third-order valence-electron chi connectivity index (χ3n) is 2.77. The van der Waals surface area contributed by atoms with E-state index in [0.29, 0.717) is 11.0 Å². The van der Waals surface area contributed by atoms with Crippen LogP contribution in [0.4, 0.5) is 0 Å². The molecule has 2 rings (SSSR count). The molecule has 0 saturated heterocycles. The van der Waals surface area contributed by atoms with Gasteiger partial charge in [-0.15, -0.1) is 10.2 Å². The van der Waals surface area contributed by atoms with Crippen LogP contribution in [0, 0.1) is 13.8 Å². The number of carbonyl (C=O) groups is 1. The van der Waals surface area contributed by atoms with Gasteiger partial charge in [0.1, 0.15) is 6.61 Å². The number of rotatable bonds is 5. The minimum atomic E-state index is -0.920. The highest BCUT2D eigenvalue weighted by molar-refractivity contribution is 7.99. The van der Waals surface area contributed by atoms with Gasteiger partial charge in [-0.1, -0.05) is 23.9 Å². The van der Waals surface area contributed by atoms with Crippen molar-refractivity contribution in [1.82, 2.24) is 14.8 Å². The van der Waals surface area contributed by atoms with Crippen molar-refractivity contribution in [3.8, 4) is 5.69 Å². The molecule has 1 aromatic heterocycles. The third kappa shape index (κ3) is 3.00. The first kappa shape index (κ1) is 14.5. The highest BCUT2D eigenvalue weighted by Crippen LogP contribution is 2.25. The second-order valence-corrected chi connectivity index (χ2v) is 5.31. The summed E-state index contributed by atoms with van der Waals surface area (Å²) in [5, 5.41) is 26.5. The maximum Gasteiger partial charge on any atom is 0.313 e. The zero-order valence-corrected chi connectivity index (χ0v) is 12.0. The molecule has 0 spiro atoms. The van der Waals surface area contributed by atoms with Crippen molar-refractivity contribution in [2.24, 2.45) is 0 Å². The Hall–Kier alpha value is -1.86. The van der Waals surface area contributed by atoms with E-state index in [1.807, 2.05) is 32.0 Å². The van der Waals surface area contributed by atoms with Crippen LogP contribution in [-0.2, 0) is 11.4 Å². The van der Waals surface area contributed by atoms with Crippen LogP contribution < -0.4 is 0 Å². The first-order valence-electron chi connectivity index (χ1n) is 6.00. The summed E-state index contributed by atoms with van der Waals surface area (Å²) in [5.74, 6) is -0.628. The van der Waals surface area contributed by atoms with E-state index >= 15 is 0 Å². The number of aromatic nitrogens is 3. The zero-order valence-electron chi connectivity index (χ0n) is 11.2. The first-order valence-corrected chi connectivity index (χ1v) is 6.99. The zero-order chi connectivity index (χ0) is 14.7. The summed E-state index contributed by atoms with van der Waals surface area (Å²) in [6.45, 7) is 3.66. The number of aliphatic hydroxyl groups is 1. The smallest absolute Gasteiger partial charge is 0.313 e. The van der Waals surface area contributed by atoms with Crippen LogP contribution in [0.15, 0.2) is 23.4 Å². The van der Waals surface area contributed by atoms with Crippen molar-refractivity contribution >= 4 is 17.7 Å². The maximum atomic E-state index is 10.7. The van der Waals surface area contributed by atoms with Gasteiger partial charge in [-0.25, -0.2) is 0 Å². The quantitative estimate of drug-likeness (QED) is 0.813. The minimum absolute atomic E-state index is 0.103. The molecule has 0 atom stereocenters. The van der Waals surface area contributed by atoms with Gasteiger partial charge in [0.25, 0.3) is 0 Å². The van der Waals surface area contributed by atoms with Gasteiger partial charge in [0, 0.05) is 0 Å². The maximum absolute atomic E-state index is 10.7. The number of aliphatic carboxylic acids is 1. The standard InChI is InChI=1S/C13H15N3O3S/c1-8-3-4-9(2)10(5-8)16-11(6-17)14-15-13(16)20-7-12(18)19/h3-5,17H,6-7H2,1-2H3,(H,18,19). The van der Waals surface area contributed by atoms with Gasteiger partial charge in [-0.3, -0.25) is 9.36 Å². The van der Waals surface area contributed by atoms with E-state index in [9.17, 15) is 9.90 Å². The topological polar surface area (TPSA) is 88.2 Å². The monoisotopic (exact) mass is 293 g/mol. The lowest BCUT2D eigenvalue weighted by Gasteiger charge is -2.12. The van der Waals surface area contributed by atoms with Crippen LogP contribution in [0.3, 0.4) is 0 Å². The van der Waals surface area contributed by atoms with Gasteiger partial charge in [-0.2, -0.15) is 0 Å². The molecule has 0 saturated carbocycles. The number of hydrogen-bond acceptors (Lipinski definition) is 5. The highest BCUT2D eigenvalue weighted by atomic mass is 32.2. The molecule has 0 unspecified atom stereocenters. The Labute approximate surface area is 120 Å². The fourth-order valence-corrected chi connectivity index (χ4v) is 2.51. The summed E-state index contributed by atoms with van der Waals surface area (Å²) in [6.07, 6.45) is 0. The van der Waals surface area contributed by atoms with Crippen LogP contribution in [0.5, 0.6) is 0 Å². The van der Waals surface area contributed by atoms with Crippen molar-refractivity contribution in [2.45, 2.75) is 25.6 Å². The Bertz CT molecular complexity index is 640. The molecule has 2 aromatic rings. The van der Waals surface area contributed by atoms with Gasteiger partial charge in [0.15, 0.2) is 11.0 Å². The molecule has 1 heterocycles. The van der Waals surface area contributed by atoms with Gasteiger partial charge in [0.05, 0.1) is 11.4 Å². The number of aliphatic hydroxyl groups excluding tert-OH is 1. The molecule has 2 N–H and O–H groups in total. The number of nitrogens with zero attached hydrogens (tertiary/aromatic N) is 3. The van der Waals surface area contributed by atoms with E-state index in [1.54, 1.807) is 4.57 Å². The third-order valence-corrected chi connectivity index (χ3v) is 3.69. The number of hydrogen-bond donors (Lipinski definition) is 2. The average molecular weight is 293 g/mol. The summed E-state index contributed by atoms with van der Waals surface area (Å²) in [6, 6.07) is 5.92. The van der Waals surface area contributed by atoms with Crippen molar-refractivity contribution in [3.63, 3.8) is 0 Å². The lowest BCUT2D eigenvalue weighted by Crippen LogP contribution is -2.06. The second kappa shape index (κ2) is 6.06. The predicted octanol–water partition coefficient (Wildman–Crippen LogP) is 1.55. The molecule has 0 amide bonds. The molecular weight excluding hydrogens is 278 g/mol. The van der Waals surface area contributed by atoms with Crippen LogP contribution in [0.1, 0.15) is 17.0 Å². The van der Waals surface area contributed by atoms with E-state index < -0.39 is 5.97 Å². The molecule has 0 aliphatic heterocycles. The molecule has 0 bridgehead atoms. The number of carboxylic acids is 1. The summed E-state index contributed by atoms with van der Waals surface area (Å²) in [5.41, 5.74) is 2.92. The fraction of sp³-hybridized carbons (Fsp3) is 0.308. The Morgan fingerprint density at radius 2 is 2.10 bits per heavy atom. The van der Waals surface area contributed by atoms with Crippen LogP contribution in [0.25, 0.3) is 5.69 Å². The molecule has 20 heavy (non-hydrogen) atoms. The van der Waals surface area contributed by atoms with Crippen molar-refractivity contribution in [2.75, 3.05) is 5.75 Å². The van der Waals surface area contributed by atoms with Crippen LogP contribution >= 0.6 is 11.8 Å². The van der Waals surface area contributed by atoms with E-state index in [4.69, 9.17) is 5.11 Å². The summed E-state index contributed by atoms with van der Waals surface area (Å²) >= 11 is 1.08. The number of benzene rings is 1. The van der Waals surface area contributed by atoms with Gasteiger partial charge < -0.3 is 10.2 Å². The first-order chi connectivity index (χ1) is 9.52. The molecule has 6 nitrogen and oxygen atoms in total. The molecular formula is C13H15N3O3S. The SMILES string of the molecule is Cc1ccc(C)c(-n2c(CO)nnc2SCC(=O)O)c1. The van der Waals surface area contributed by atoms with Gasteiger partial charge >= 0.3 is 5.97 Å². The van der Waals surface area contributed by atoms with Crippen molar-refractivity contribution < 1.29 is 15.0 Å². The Kier molecular flexibility index (Phi) is 4.41. The molecule has 7 heteroatoms. The molecule has 0 fully saturated rings. The molecule has 1 aromatic carbocycles.